The van der Waals surface area contributed by atoms with Crippen LogP contribution >= 0.6 is 11.6 Å². The van der Waals surface area contributed by atoms with Crippen molar-refractivity contribution in [1.82, 2.24) is 4.57 Å². The summed E-state index contributed by atoms with van der Waals surface area (Å²) >= 11 is 6.33. The Kier molecular flexibility index (Phi) is 6.27. The molecule has 0 radical (unpaired) electrons. The van der Waals surface area contributed by atoms with Crippen LogP contribution in [0.2, 0.25) is 5.02 Å². The van der Waals surface area contributed by atoms with Crippen LogP contribution in [-0.2, 0) is 20.9 Å². The smallest absolute Gasteiger partial charge is 0.339 e. The topological polar surface area (TPSA) is 80.6 Å². The second kappa shape index (κ2) is 8.69. The molecule has 29 heavy (non-hydrogen) atoms. The zero-order valence-corrected chi connectivity index (χ0v) is 17.5. The van der Waals surface area contributed by atoms with Gasteiger partial charge in [0.15, 0.2) is 0 Å². The summed E-state index contributed by atoms with van der Waals surface area (Å²) in [7, 11) is 0. The van der Waals surface area contributed by atoms with Crippen molar-refractivity contribution in [2.24, 2.45) is 0 Å². The number of ether oxygens (including phenoxy) is 1. The van der Waals surface area contributed by atoms with Crippen molar-refractivity contribution in [2.75, 3.05) is 23.4 Å². The van der Waals surface area contributed by atoms with Gasteiger partial charge in [0.2, 0.25) is 11.8 Å². The Balaban J connectivity index is 1.71. The van der Waals surface area contributed by atoms with E-state index in [2.05, 4.69) is 5.32 Å². The third kappa shape index (κ3) is 4.45. The van der Waals surface area contributed by atoms with E-state index in [4.69, 9.17) is 16.3 Å². The molecule has 7 nitrogen and oxygen atoms in total. The first kappa shape index (κ1) is 20.9. The molecule has 2 amide bonds. The Morgan fingerprint density at radius 1 is 1.24 bits per heavy atom. The molecule has 1 aliphatic heterocycles. The molecule has 0 unspecified atom stereocenters. The molecule has 8 heteroatoms. The Hall–Kier alpha value is -2.80. The van der Waals surface area contributed by atoms with Gasteiger partial charge in [0.25, 0.3) is 0 Å². The highest BCUT2D eigenvalue weighted by Gasteiger charge is 2.24. The highest BCUT2D eigenvalue weighted by atomic mass is 35.5. The predicted molar refractivity (Wildman–Crippen MR) is 112 cm³/mol. The SMILES string of the molecule is CCOC(=O)c1cc(C)n(CC(=O)Nc2ccc(N3CCCC3=O)c(Cl)c2)c1C. The van der Waals surface area contributed by atoms with Crippen LogP contribution in [0.3, 0.4) is 0 Å². The van der Waals surface area contributed by atoms with Gasteiger partial charge in [-0.05, 0) is 51.5 Å². The van der Waals surface area contributed by atoms with E-state index in [1.165, 1.54) is 0 Å². The molecule has 0 aliphatic carbocycles. The van der Waals surface area contributed by atoms with Gasteiger partial charge in [-0.3, -0.25) is 9.59 Å². The summed E-state index contributed by atoms with van der Waals surface area (Å²) in [5.41, 5.74) is 3.13. The molecule has 1 saturated heterocycles. The van der Waals surface area contributed by atoms with E-state index in [1.807, 2.05) is 6.92 Å². The van der Waals surface area contributed by atoms with Gasteiger partial charge in [0.1, 0.15) is 6.54 Å². The highest BCUT2D eigenvalue weighted by Crippen LogP contribution is 2.31. The van der Waals surface area contributed by atoms with E-state index in [0.717, 1.165) is 12.1 Å². The largest absolute Gasteiger partial charge is 0.462 e. The molecular weight excluding hydrogens is 394 g/mol. The second-order valence-corrected chi connectivity index (χ2v) is 7.36. The molecule has 3 rings (SSSR count). The summed E-state index contributed by atoms with van der Waals surface area (Å²) in [6, 6.07) is 6.83. The third-order valence-corrected chi connectivity index (χ3v) is 5.27. The fraction of sp³-hybridized carbons (Fsp3) is 0.381. The number of halogens is 1. The van der Waals surface area contributed by atoms with Gasteiger partial charge in [0, 0.05) is 30.0 Å². The Labute approximate surface area is 174 Å². The summed E-state index contributed by atoms with van der Waals surface area (Å²) in [5, 5.41) is 3.23. The molecule has 0 atom stereocenters. The van der Waals surface area contributed by atoms with E-state index in [1.54, 1.807) is 47.6 Å². The zero-order chi connectivity index (χ0) is 21.1. The van der Waals surface area contributed by atoms with Crippen LogP contribution in [0.1, 0.15) is 41.5 Å². The maximum atomic E-state index is 12.5. The molecule has 1 aromatic carbocycles. The maximum absolute atomic E-state index is 12.5. The summed E-state index contributed by atoms with van der Waals surface area (Å²) < 4.78 is 6.82. The van der Waals surface area contributed by atoms with Crippen LogP contribution in [0.15, 0.2) is 24.3 Å². The lowest BCUT2D eigenvalue weighted by Gasteiger charge is -2.18. The lowest BCUT2D eigenvalue weighted by Crippen LogP contribution is -2.24. The van der Waals surface area contributed by atoms with Crippen LogP contribution in [0.4, 0.5) is 11.4 Å². The van der Waals surface area contributed by atoms with Crippen molar-refractivity contribution in [1.29, 1.82) is 0 Å². The van der Waals surface area contributed by atoms with Crippen molar-refractivity contribution in [3.05, 3.63) is 46.2 Å². The van der Waals surface area contributed by atoms with Gasteiger partial charge >= 0.3 is 5.97 Å². The van der Waals surface area contributed by atoms with Crippen LogP contribution in [-0.4, -0.2) is 35.5 Å². The Morgan fingerprint density at radius 2 is 2.00 bits per heavy atom. The molecule has 2 aromatic rings. The number of hydrogen-bond acceptors (Lipinski definition) is 4. The molecule has 0 bridgehead atoms. The van der Waals surface area contributed by atoms with Gasteiger partial charge in [-0.15, -0.1) is 0 Å². The van der Waals surface area contributed by atoms with E-state index in [9.17, 15) is 14.4 Å². The number of anilines is 2. The fourth-order valence-corrected chi connectivity index (χ4v) is 3.79. The zero-order valence-electron chi connectivity index (χ0n) is 16.8. The highest BCUT2D eigenvalue weighted by molar-refractivity contribution is 6.34. The number of aromatic nitrogens is 1. The molecule has 1 fully saturated rings. The van der Waals surface area contributed by atoms with Crippen LogP contribution in [0, 0.1) is 13.8 Å². The van der Waals surface area contributed by atoms with Crippen LogP contribution < -0.4 is 10.2 Å². The maximum Gasteiger partial charge on any atom is 0.339 e. The molecule has 1 aromatic heterocycles. The van der Waals surface area contributed by atoms with Crippen molar-refractivity contribution in [3.63, 3.8) is 0 Å². The van der Waals surface area contributed by atoms with E-state index in [0.29, 0.717) is 47.2 Å². The van der Waals surface area contributed by atoms with Crippen molar-refractivity contribution < 1.29 is 19.1 Å². The number of carbonyl (C=O) groups is 3. The van der Waals surface area contributed by atoms with Crippen molar-refractivity contribution in [2.45, 2.75) is 40.2 Å². The van der Waals surface area contributed by atoms with Gasteiger partial charge in [0.05, 0.1) is 22.9 Å². The average Bonchev–Trinajstić information content (AvgIpc) is 3.20. The van der Waals surface area contributed by atoms with E-state index < -0.39 is 5.97 Å². The quantitative estimate of drug-likeness (QED) is 0.726. The lowest BCUT2D eigenvalue weighted by atomic mass is 10.2. The summed E-state index contributed by atoms with van der Waals surface area (Å²) in [6.45, 7) is 6.37. The number of hydrogen-bond donors (Lipinski definition) is 1. The molecule has 154 valence electrons. The summed E-state index contributed by atoms with van der Waals surface area (Å²) in [5.74, 6) is -0.589. The van der Waals surface area contributed by atoms with Gasteiger partial charge in [-0.2, -0.15) is 0 Å². The molecule has 2 heterocycles. The predicted octanol–water partition coefficient (Wildman–Crippen LogP) is 3.70. The molecule has 1 N–H and O–H groups in total. The Morgan fingerprint density at radius 3 is 2.62 bits per heavy atom. The molecule has 0 saturated carbocycles. The van der Waals surface area contributed by atoms with E-state index in [-0.39, 0.29) is 18.4 Å². The first-order valence-corrected chi connectivity index (χ1v) is 9.93. The summed E-state index contributed by atoms with van der Waals surface area (Å²) in [6.07, 6.45) is 1.34. The molecular formula is C21H24ClN3O4. The third-order valence-electron chi connectivity index (χ3n) is 4.97. The number of benzene rings is 1. The lowest BCUT2D eigenvalue weighted by molar-refractivity contribution is -0.117. The van der Waals surface area contributed by atoms with Crippen molar-refractivity contribution in [3.8, 4) is 0 Å². The number of carbonyl (C=O) groups excluding carboxylic acids is 3. The normalized spacial score (nSPS) is 13.7. The minimum atomic E-state index is -0.397. The van der Waals surface area contributed by atoms with E-state index >= 15 is 0 Å². The van der Waals surface area contributed by atoms with Crippen molar-refractivity contribution >= 4 is 40.8 Å². The average molecular weight is 418 g/mol. The first-order valence-electron chi connectivity index (χ1n) is 9.55. The van der Waals surface area contributed by atoms with Crippen LogP contribution in [0.5, 0.6) is 0 Å². The van der Waals surface area contributed by atoms with Crippen LogP contribution in [0.25, 0.3) is 0 Å². The summed E-state index contributed by atoms with van der Waals surface area (Å²) in [4.78, 5) is 38.1. The van der Waals surface area contributed by atoms with Gasteiger partial charge < -0.3 is 19.5 Å². The monoisotopic (exact) mass is 417 g/mol. The number of nitrogens with one attached hydrogen (secondary N) is 1. The number of rotatable bonds is 6. The number of esters is 1. The minimum Gasteiger partial charge on any atom is -0.462 e. The first-order chi connectivity index (χ1) is 13.8. The van der Waals surface area contributed by atoms with Gasteiger partial charge in [-0.25, -0.2) is 4.79 Å². The standard InChI is InChI=1S/C21H24ClN3O4/c1-4-29-21(28)16-10-13(2)25(14(16)3)12-19(26)23-15-7-8-18(17(22)11-15)24-9-5-6-20(24)27/h7-8,10-11H,4-6,9,12H2,1-3H3,(H,23,26). The fourth-order valence-electron chi connectivity index (χ4n) is 3.51. The second-order valence-electron chi connectivity index (χ2n) is 6.95. The number of nitrogens with zero attached hydrogens (tertiary/aromatic N) is 2. The Bertz CT molecular complexity index is 967. The minimum absolute atomic E-state index is 0.0552. The molecule has 1 aliphatic rings. The van der Waals surface area contributed by atoms with Gasteiger partial charge in [-0.1, -0.05) is 11.6 Å². The molecule has 0 spiro atoms. The number of aryl methyl sites for hydroxylation is 1. The number of amides is 2.